The Morgan fingerprint density at radius 1 is 1.44 bits per heavy atom. The van der Waals surface area contributed by atoms with Crippen LogP contribution in [0.1, 0.15) is 16.1 Å². The van der Waals surface area contributed by atoms with Crippen LogP contribution < -0.4 is 5.32 Å². The molecule has 0 aliphatic carbocycles. The first-order chi connectivity index (χ1) is 12.0. The van der Waals surface area contributed by atoms with E-state index in [0.717, 1.165) is 11.8 Å². The third-order valence-electron chi connectivity index (χ3n) is 3.20. The second-order valence-corrected chi connectivity index (χ2v) is 5.90. The standard InChI is InChI=1S/C14H12N6O4S/c1-19-14(16-17-18-19)25-12-5-4-9(20(22)23)7-11(12)13(21)15-8-10-3-2-6-24-10/h2-7H,8H2,1H3,(H,15,21). The molecule has 1 amide bonds. The molecule has 1 N–H and O–H groups in total. The molecule has 3 aromatic rings. The van der Waals surface area contributed by atoms with E-state index < -0.39 is 10.8 Å². The van der Waals surface area contributed by atoms with Gasteiger partial charge in [0, 0.05) is 24.1 Å². The van der Waals surface area contributed by atoms with E-state index in [1.807, 2.05) is 0 Å². The topological polar surface area (TPSA) is 129 Å². The number of aryl methyl sites for hydroxylation is 1. The van der Waals surface area contributed by atoms with Crippen molar-refractivity contribution in [2.24, 2.45) is 7.05 Å². The van der Waals surface area contributed by atoms with Crippen LogP contribution in [0, 0.1) is 10.1 Å². The summed E-state index contributed by atoms with van der Waals surface area (Å²) in [6.07, 6.45) is 1.50. The van der Waals surface area contributed by atoms with E-state index in [-0.39, 0.29) is 17.8 Å². The van der Waals surface area contributed by atoms with Gasteiger partial charge in [0.15, 0.2) is 0 Å². The zero-order valence-corrected chi connectivity index (χ0v) is 13.8. The predicted octanol–water partition coefficient (Wildman–Crippen LogP) is 1.79. The molecule has 0 atom stereocenters. The number of carbonyl (C=O) groups is 1. The van der Waals surface area contributed by atoms with E-state index in [0.29, 0.717) is 15.8 Å². The molecule has 0 spiro atoms. The summed E-state index contributed by atoms with van der Waals surface area (Å²) in [6, 6.07) is 7.48. The number of amides is 1. The minimum Gasteiger partial charge on any atom is -0.467 e. The van der Waals surface area contributed by atoms with Crippen molar-refractivity contribution >= 4 is 23.4 Å². The lowest BCUT2D eigenvalue weighted by atomic mass is 10.2. The molecular weight excluding hydrogens is 348 g/mol. The van der Waals surface area contributed by atoms with Gasteiger partial charge in [-0.25, -0.2) is 4.68 Å². The third kappa shape index (κ3) is 3.83. The van der Waals surface area contributed by atoms with Gasteiger partial charge in [-0.2, -0.15) is 0 Å². The number of nitrogens with one attached hydrogen (secondary N) is 1. The van der Waals surface area contributed by atoms with Crippen LogP contribution in [-0.4, -0.2) is 31.0 Å². The average molecular weight is 360 g/mol. The normalized spacial score (nSPS) is 10.6. The van der Waals surface area contributed by atoms with Gasteiger partial charge < -0.3 is 9.73 Å². The summed E-state index contributed by atoms with van der Waals surface area (Å²) in [7, 11) is 1.66. The molecule has 0 aliphatic rings. The fourth-order valence-electron chi connectivity index (χ4n) is 1.98. The van der Waals surface area contributed by atoms with Gasteiger partial charge in [0.2, 0.25) is 5.16 Å². The maximum absolute atomic E-state index is 12.5. The number of rotatable bonds is 6. The van der Waals surface area contributed by atoms with E-state index >= 15 is 0 Å². The molecule has 2 heterocycles. The third-order valence-corrected chi connectivity index (χ3v) is 4.31. The minimum atomic E-state index is -0.554. The smallest absolute Gasteiger partial charge is 0.270 e. The summed E-state index contributed by atoms with van der Waals surface area (Å²) in [4.78, 5) is 23.5. The van der Waals surface area contributed by atoms with Crippen molar-refractivity contribution < 1.29 is 14.1 Å². The summed E-state index contributed by atoms with van der Waals surface area (Å²) in [5.74, 6) is 0.114. The quantitative estimate of drug-likeness (QED) is 0.520. The molecule has 0 bridgehead atoms. The van der Waals surface area contributed by atoms with Crippen LogP contribution in [0.25, 0.3) is 0 Å². The molecule has 25 heavy (non-hydrogen) atoms. The summed E-state index contributed by atoms with van der Waals surface area (Å²) < 4.78 is 6.60. The second-order valence-electron chi connectivity index (χ2n) is 4.89. The SMILES string of the molecule is Cn1nnnc1Sc1ccc([N+](=O)[O-])cc1C(=O)NCc1ccco1. The van der Waals surface area contributed by atoms with Gasteiger partial charge in [-0.05, 0) is 40.4 Å². The molecule has 3 rings (SSSR count). The molecular formula is C14H12N6O4S. The first-order valence-electron chi connectivity index (χ1n) is 7.04. The number of nitro benzene ring substituents is 1. The van der Waals surface area contributed by atoms with Gasteiger partial charge >= 0.3 is 0 Å². The van der Waals surface area contributed by atoms with Crippen molar-refractivity contribution in [2.45, 2.75) is 16.6 Å². The van der Waals surface area contributed by atoms with Crippen LogP contribution in [0.2, 0.25) is 0 Å². The molecule has 0 aliphatic heterocycles. The second kappa shape index (κ2) is 7.13. The van der Waals surface area contributed by atoms with Crippen molar-refractivity contribution in [3.8, 4) is 0 Å². The summed E-state index contributed by atoms with van der Waals surface area (Å²) in [5.41, 5.74) is -0.0163. The van der Waals surface area contributed by atoms with Gasteiger partial charge in [-0.1, -0.05) is 0 Å². The van der Waals surface area contributed by atoms with E-state index in [1.165, 1.54) is 29.1 Å². The number of tetrazole rings is 1. The van der Waals surface area contributed by atoms with E-state index in [1.54, 1.807) is 19.2 Å². The number of aromatic nitrogens is 4. The first kappa shape index (κ1) is 16.6. The highest BCUT2D eigenvalue weighted by atomic mass is 32.2. The van der Waals surface area contributed by atoms with Crippen molar-refractivity contribution in [2.75, 3.05) is 0 Å². The Hall–Kier alpha value is -3.21. The monoisotopic (exact) mass is 360 g/mol. The van der Waals surface area contributed by atoms with Crippen molar-refractivity contribution in [3.63, 3.8) is 0 Å². The molecule has 0 saturated heterocycles. The number of hydrogen-bond acceptors (Lipinski definition) is 8. The van der Waals surface area contributed by atoms with Crippen molar-refractivity contribution in [1.29, 1.82) is 0 Å². The Bertz CT molecular complexity index is 908. The molecule has 1 aromatic carbocycles. The molecule has 11 heteroatoms. The molecule has 0 fully saturated rings. The Morgan fingerprint density at radius 3 is 2.92 bits per heavy atom. The Kier molecular flexibility index (Phi) is 4.75. The van der Waals surface area contributed by atoms with Gasteiger partial charge in [0.05, 0.1) is 23.3 Å². The van der Waals surface area contributed by atoms with Crippen LogP contribution in [0.5, 0.6) is 0 Å². The van der Waals surface area contributed by atoms with Crippen molar-refractivity contribution in [3.05, 3.63) is 58.0 Å². The number of furan rings is 1. The average Bonchev–Trinajstić information content (AvgIpc) is 3.25. The molecule has 10 nitrogen and oxygen atoms in total. The van der Waals surface area contributed by atoms with Gasteiger partial charge in [-0.15, -0.1) is 5.10 Å². The van der Waals surface area contributed by atoms with Crippen LogP contribution in [0.15, 0.2) is 51.1 Å². The minimum absolute atomic E-state index is 0.161. The number of benzene rings is 1. The fraction of sp³-hybridized carbons (Fsp3) is 0.143. The fourth-order valence-corrected chi connectivity index (χ4v) is 2.82. The van der Waals surface area contributed by atoms with Crippen LogP contribution >= 0.6 is 11.8 Å². The summed E-state index contributed by atoms with van der Waals surface area (Å²) in [6.45, 7) is 0.171. The number of non-ortho nitro benzene ring substituents is 1. The Labute approximate surface area is 145 Å². The molecule has 0 radical (unpaired) electrons. The number of nitrogens with zero attached hydrogens (tertiary/aromatic N) is 5. The van der Waals surface area contributed by atoms with E-state index in [9.17, 15) is 14.9 Å². The number of carbonyl (C=O) groups excluding carboxylic acids is 1. The van der Waals surface area contributed by atoms with E-state index in [4.69, 9.17) is 4.42 Å². The highest BCUT2D eigenvalue weighted by molar-refractivity contribution is 7.99. The zero-order valence-electron chi connectivity index (χ0n) is 12.9. The molecule has 2 aromatic heterocycles. The van der Waals surface area contributed by atoms with Crippen molar-refractivity contribution in [1.82, 2.24) is 25.5 Å². The molecule has 128 valence electrons. The zero-order chi connectivity index (χ0) is 17.8. The van der Waals surface area contributed by atoms with Crippen LogP contribution in [-0.2, 0) is 13.6 Å². The summed E-state index contributed by atoms with van der Waals surface area (Å²) >= 11 is 1.14. The number of hydrogen-bond donors (Lipinski definition) is 1. The highest BCUT2D eigenvalue weighted by Crippen LogP contribution is 2.31. The maximum Gasteiger partial charge on any atom is 0.270 e. The lowest BCUT2D eigenvalue weighted by molar-refractivity contribution is -0.384. The lowest BCUT2D eigenvalue weighted by Crippen LogP contribution is -2.23. The maximum atomic E-state index is 12.5. The predicted molar refractivity (Wildman–Crippen MR) is 85.9 cm³/mol. The Balaban J connectivity index is 1.87. The Morgan fingerprint density at radius 2 is 2.28 bits per heavy atom. The van der Waals surface area contributed by atoms with E-state index in [2.05, 4.69) is 20.8 Å². The van der Waals surface area contributed by atoms with Gasteiger partial charge in [-0.3, -0.25) is 14.9 Å². The highest BCUT2D eigenvalue weighted by Gasteiger charge is 2.19. The molecule has 0 saturated carbocycles. The first-order valence-corrected chi connectivity index (χ1v) is 7.85. The number of nitro groups is 1. The largest absolute Gasteiger partial charge is 0.467 e. The van der Waals surface area contributed by atoms with Gasteiger partial charge in [0.1, 0.15) is 5.76 Å². The van der Waals surface area contributed by atoms with Crippen LogP contribution in [0.3, 0.4) is 0 Å². The summed E-state index contributed by atoms with van der Waals surface area (Å²) in [5, 5.41) is 25.2. The van der Waals surface area contributed by atoms with Crippen LogP contribution in [0.4, 0.5) is 5.69 Å². The lowest BCUT2D eigenvalue weighted by Gasteiger charge is -2.08. The van der Waals surface area contributed by atoms with Gasteiger partial charge in [0.25, 0.3) is 11.6 Å². The molecule has 0 unspecified atom stereocenters.